The average molecular weight is 350 g/mol. The number of unbranched alkanes of at least 4 members (excludes halogenated alkanes) is 8. The van der Waals surface area contributed by atoms with Crippen molar-refractivity contribution in [2.75, 3.05) is 13.2 Å². The molecule has 3 heteroatoms. The first-order valence-corrected chi connectivity index (χ1v) is 10.3. The van der Waals surface area contributed by atoms with Gasteiger partial charge in [0.05, 0.1) is 6.61 Å². The number of aliphatic imine (C=N–C) groups is 1. The van der Waals surface area contributed by atoms with Crippen LogP contribution in [0.4, 0.5) is 0 Å². The highest BCUT2D eigenvalue weighted by molar-refractivity contribution is 5.78. The summed E-state index contributed by atoms with van der Waals surface area (Å²) in [6.45, 7) is 4.78. The van der Waals surface area contributed by atoms with Gasteiger partial charge in [-0.05, 0) is 45.4 Å². The van der Waals surface area contributed by atoms with Gasteiger partial charge in [-0.1, -0.05) is 63.3 Å². The molecule has 0 aromatic rings. The highest BCUT2D eigenvalue weighted by Crippen LogP contribution is 2.20. The molecule has 0 saturated carbocycles. The van der Waals surface area contributed by atoms with Gasteiger partial charge in [0.2, 0.25) is 0 Å². The molecule has 1 atom stereocenters. The minimum absolute atomic E-state index is 0.0681. The molecule has 1 aliphatic rings. The summed E-state index contributed by atoms with van der Waals surface area (Å²) in [5, 5.41) is 9.25. The van der Waals surface area contributed by atoms with E-state index in [9.17, 15) is 5.11 Å². The highest BCUT2D eigenvalue weighted by Gasteiger charge is 2.30. The minimum atomic E-state index is -0.396. The van der Waals surface area contributed by atoms with Gasteiger partial charge in [0.25, 0.3) is 0 Å². The zero-order valence-electron chi connectivity index (χ0n) is 16.5. The van der Waals surface area contributed by atoms with Crippen molar-refractivity contribution in [2.45, 2.75) is 96.4 Å². The first-order valence-electron chi connectivity index (χ1n) is 10.3. The predicted molar refractivity (Wildman–Crippen MR) is 108 cm³/mol. The van der Waals surface area contributed by atoms with Crippen LogP contribution in [0.5, 0.6) is 0 Å². The van der Waals surface area contributed by atoms with Crippen molar-refractivity contribution < 1.29 is 9.84 Å². The Morgan fingerprint density at radius 1 is 0.960 bits per heavy atom. The van der Waals surface area contributed by atoms with Crippen molar-refractivity contribution in [1.82, 2.24) is 0 Å². The number of aliphatic hydroxyl groups excluding tert-OH is 1. The number of rotatable bonds is 15. The monoisotopic (exact) mass is 349 g/mol. The van der Waals surface area contributed by atoms with Gasteiger partial charge in [0.15, 0.2) is 5.90 Å². The van der Waals surface area contributed by atoms with E-state index in [-0.39, 0.29) is 6.61 Å². The van der Waals surface area contributed by atoms with Crippen LogP contribution in [-0.2, 0) is 4.74 Å². The molecule has 1 N–H and O–H groups in total. The fourth-order valence-corrected chi connectivity index (χ4v) is 2.90. The van der Waals surface area contributed by atoms with Gasteiger partial charge in [-0.3, -0.25) is 0 Å². The van der Waals surface area contributed by atoms with Gasteiger partial charge in [0, 0.05) is 6.42 Å². The lowest BCUT2D eigenvalue weighted by Crippen LogP contribution is -2.28. The summed E-state index contributed by atoms with van der Waals surface area (Å²) in [5.74, 6) is 0.835. The molecule has 0 aliphatic carbocycles. The molecule has 0 bridgehead atoms. The number of hydrogen-bond donors (Lipinski definition) is 1. The van der Waals surface area contributed by atoms with Crippen LogP contribution in [-0.4, -0.2) is 29.8 Å². The molecule has 0 radical (unpaired) electrons. The molecule has 1 rings (SSSR count). The van der Waals surface area contributed by atoms with Crippen molar-refractivity contribution in [3.63, 3.8) is 0 Å². The van der Waals surface area contributed by atoms with Crippen LogP contribution in [0.1, 0.15) is 90.9 Å². The summed E-state index contributed by atoms with van der Waals surface area (Å²) in [5.41, 5.74) is -0.396. The maximum absolute atomic E-state index is 9.25. The van der Waals surface area contributed by atoms with Gasteiger partial charge in [-0.15, -0.1) is 0 Å². The molecule has 0 saturated heterocycles. The molecule has 0 aromatic heterocycles. The Hall–Kier alpha value is -1.09. The van der Waals surface area contributed by atoms with E-state index < -0.39 is 5.54 Å². The molecule has 0 aromatic carbocycles. The molecule has 3 nitrogen and oxygen atoms in total. The lowest BCUT2D eigenvalue weighted by molar-refractivity contribution is 0.169. The van der Waals surface area contributed by atoms with E-state index in [1.54, 1.807) is 0 Å². The number of allylic oxidation sites excluding steroid dienone is 4. The third kappa shape index (κ3) is 11.2. The summed E-state index contributed by atoms with van der Waals surface area (Å²) in [4.78, 5) is 4.47. The van der Waals surface area contributed by atoms with Crippen LogP contribution in [0.2, 0.25) is 0 Å². The standard InChI is InChI=1S/C22H39NO2/c1-3-4-5-6-7-8-9-10-11-12-13-14-15-16-17-18-21-23-22(2,19-24)20-25-21/h7-8,10-11,24H,3-6,9,12-20H2,1-2H3/b8-7+,11-10+/t22-/m0/s1. The smallest absolute Gasteiger partial charge is 0.184 e. The van der Waals surface area contributed by atoms with Crippen LogP contribution in [0, 0.1) is 0 Å². The fraction of sp³-hybridized carbons (Fsp3) is 0.773. The predicted octanol–water partition coefficient (Wildman–Crippen LogP) is 5.98. The van der Waals surface area contributed by atoms with Crippen LogP contribution in [0.15, 0.2) is 29.3 Å². The molecule has 1 aliphatic heterocycles. The van der Waals surface area contributed by atoms with Gasteiger partial charge < -0.3 is 9.84 Å². The van der Waals surface area contributed by atoms with E-state index in [0.717, 1.165) is 25.2 Å². The Bertz CT molecular complexity index is 414. The topological polar surface area (TPSA) is 41.8 Å². The molecule has 144 valence electrons. The lowest BCUT2D eigenvalue weighted by atomic mass is 10.1. The van der Waals surface area contributed by atoms with E-state index in [1.165, 1.54) is 57.8 Å². The molecule has 0 unspecified atom stereocenters. The summed E-state index contributed by atoms with van der Waals surface area (Å²) in [6.07, 6.45) is 23.9. The summed E-state index contributed by atoms with van der Waals surface area (Å²) >= 11 is 0. The molecular weight excluding hydrogens is 310 g/mol. The summed E-state index contributed by atoms with van der Waals surface area (Å²) in [6, 6.07) is 0. The zero-order chi connectivity index (χ0) is 18.2. The number of hydrogen-bond acceptors (Lipinski definition) is 3. The second-order valence-electron chi connectivity index (χ2n) is 7.43. The van der Waals surface area contributed by atoms with E-state index in [2.05, 4.69) is 36.2 Å². The summed E-state index contributed by atoms with van der Waals surface area (Å²) < 4.78 is 5.55. The lowest BCUT2D eigenvalue weighted by Gasteiger charge is -2.12. The maximum Gasteiger partial charge on any atom is 0.184 e. The van der Waals surface area contributed by atoms with Crippen molar-refractivity contribution in [3.05, 3.63) is 24.3 Å². The van der Waals surface area contributed by atoms with Gasteiger partial charge >= 0.3 is 0 Å². The fourth-order valence-electron chi connectivity index (χ4n) is 2.90. The third-order valence-corrected chi connectivity index (χ3v) is 4.63. The number of aliphatic hydroxyl groups is 1. The van der Waals surface area contributed by atoms with Crippen LogP contribution in [0.3, 0.4) is 0 Å². The second kappa shape index (κ2) is 14.1. The zero-order valence-corrected chi connectivity index (χ0v) is 16.5. The number of nitrogens with zero attached hydrogens (tertiary/aromatic N) is 1. The van der Waals surface area contributed by atoms with Crippen LogP contribution >= 0.6 is 0 Å². The Balaban J connectivity index is 1.87. The first kappa shape index (κ1) is 22.0. The Labute approximate surface area is 155 Å². The molecule has 0 spiro atoms. The van der Waals surface area contributed by atoms with E-state index in [0.29, 0.717) is 6.61 Å². The average Bonchev–Trinajstić information content (AvgIpc) is 3.00. The quantitative estimate of drug-likeness (QED) is 0.292. The Kier molecular flexibility index (Phi) is 12.4. The van der Waals surface area contributed by atoms with Crippen LogP contribution < -0.4 is 0 Å². The minimum Gasteiger partial charge on any atom is -0.478 e. The highest BCUT2D eigenvalue weighted by atomic mass is 16.5. The van der Waals surface area contributed by atoms with E-state index >= 15 is 0 Å². The normalized spacial score (nSPS) is 20.5. The van der Waals surface area contributed by atoms with Crippen molar-refractivity contribution in [3.8, 4) is 0 Å². The molecular formula is C22H39NO2. The SMILES string of the molecule is CCCCC/C=C/C/C=C/CCCCCCCC1=N[C@@](C)(CO)CO1. The summed E-state index contributed by atoms with van der Waals surface area (Å²) in [7, 11) is 0. The van der Waals surface area contributed by atoms with E-state index in [1.807, 2.05) is 6.92 Å². The van der Waals surface area contributed by atoms with Gasteiger partial charge in [0.1, 0.15) is 12.1 Å². The first-order chi connectivity index (χ1) is 12.2. The van der Waals surface area contributed by atoms with Crippen LogP contribution in [0.25, 0.3) is 0 Å². The Morgan fingerprint density at radius 3 is 2.24 bits per heavy atom. The van der Waals surface area contributed by atoms with Crippen molar-refractivity contribution >= 4 is 5.90 Å². The number of ether oxygens (including phenoxy) is 1. The molecule has 0 fully saturated rings. The van der Waals surface area contributed by atoms with Gasteiger partial charge in [-0.25, -0.2) is 4.99 Å². The maximum atomic E-state index is 9.25. The largest absolute Gasteiger partial charge is 0.478 e. The molecule has 25 heavy (non-hydrogen) atoms. The molecule has 0 amide bonds. The second-order valence-corrected chi connectivity index (χ2v) is 7.43. The van der Waals surface area contributed by atoms with Crippen molar-refractivity contribution in [2.24, 2.45) is 4.99 Å². The van der Waals surface area contributed by atoms with Gasteiger partial charge in [-0.2, -0.15) is 0 Å². The molecule has 1 heterocycles. The third-order valence-electron chi connectivity index (χ3n) is 4.63. The van der Waals surface area contributed by atoms with Crippen molar-refractivity contribution in [1.29, 1.82) is 0 Å². The van der Waals surface area contributed by atoms with E-state index in [4.69, 9.17) is 4.74 Å². The Morgan fingerprint density at radius 2 is 1.60 bits per heavy atom.